The van der Waals surface area contributed by atoms with E-state index >= 15 is 0 Å². The van der Waals surface area contributed by atoms with Gasteiger partial charge in [0.2, 0.25) is 0 Å². The number of hydrogen-bond acceptors (Lipinski definition) is 3. The van der Waals surface area contributed by atoms with Gasteiger partial charge in [0.15, 0.2) is 0 Å². The summed E-state index contributed by atoms with van der Waals surface area (Å²) in [6, 6.07) is 9.51. The maximum Gasteiger partial charge on any atom is 0.251 e. The van der Waals surface area contributed by atoms with Crippen molar-refractivity contribution in [3.05, 3.63) is 47.3 Å². The molecule has 2 aromatic rings. The summed E-state index contributed by atoms with van der Waals surface area (Å²) in [6.07, 6.45) is 1.63. The van der Waals surface area contributed by atoms with Crippen LogP contribution in [0.15, 0.2) is 30.3 Å². The molecule has 0 aliphatic carbocycles. The first-order chi connectivity index (χ1) is 10.9. The third-order valence-electron chi connectivity index (χ3n) is 4.51. The van der Waals surface area contributed by atoms with Gasteiger partial charge in [-0.2, -0.15) is 5.10 Å². The van der Waals surface area contributed by atoms with Crippen LogP contribution in [-0.2, 0) is 0 Å². The summed E-state index contributed by atoms with van der Waals surface area (Å²) >= 11 is 0. The molecule has 3 N–H and O–H groups in total. The lowest BCUT2D eigenvalue weighted by Crippen LogP contribution is -2.52. The van der Waals surface area contributed by atoms with E-state index in [2.05, 4.69) is 10.4 Å². The first kappa shape index (κ1) is 20.2. The van der Waals surface area contributed by atoms with Gasteiger partial charge in [0.25, 0.3) is 5.91 Å². The zero-order chi connectivity index (χ0) is 17.0. The van der Waals surface area contributed by atoms with Gasteiger partial charge in [-0.05, 0) is 57.0 Å². The number of carbonyl (C=O) groups excluding carboxylic acids is 1. The fourth-order valence-corrected chi connectivity index (χ4v) is 2.72. The number of aryl methyl sites for hydroxylation is 2. The normalized spacial score (nSPS) is 11.0. The highest BCUT2D eigenvalue weighted by Gasteiger charge is 2.26. The number of rotatable bonds is 6. The Hall–Kier alpha value is -1.85. The Kier molecular flexibility index (Phi) is 6.99. The van der Waals surface area contributed by atoms with E-state index in [9.17, 15) is 4.79 Å². The minimum Gasteiger partial charge on any atom is -0.345 e. The van der Waals surface area contributed by atoms with E-state index in [-0.39, 0.29) is 23.9 Å². The molecular formula is C18H27ClN4O. The molecule has 0 unspecified atom stereocenters. The van der Waals surface area contributed by atoms with Gasteiger partial charge in [0, 0.05) is 17.8 Å². The highest BCUT2D eigenvalue weighted by atomic mass is 35.5. The van der Waals surface area contributed by atoms with Crippen molar-refractivity contribution in [2.75, 3.05) is 6.54 Å². The maximum atomic E-state index is 12.5. The zero-order valence-corrected chi connectivity index (χ0v) is 15.6. The van der Waals surface area contributed by atoms with Crippen molar-refractivity contribution in [2.45, 2.75) is 46.1 Å². The molecule has 0 aliphatic heterocycles. The Balaban J connectivity index is 0.00000288. The van der Waals surface area contributed by atoms with Crippen LogP contribution in [0.25, 0.3) is 5.69 Å². The Morgan fingerprint density at radius 1 is 1.21 bits per heavy atom. The van der Waals surface area contributed by atoms with Gasteiger partial charge >= 0.3 is 0 Å². The number of amides is 1. The minimum absolute atomic E-state index is 0. The molecule has 0 radical (unpaired) electrons. The highest BCUT2D eigenvalue weighted by molar-refractivity contribution is 5.94. The third kappa shape index (κ3) is 4.16. The fourth-order valence-electron chi connectivity index (χ4n) is 2.72. The topological polar surface area (TPSA) is 72.9 Å². The molecule has 5 nitrogen and oxygen atoms in total. The van der Waals surface area contributed by atoms with Crippen molar-refractivity contribution in [1.82, 2.24) is 15.1 Å². The van der Waals surface area contributed by atoms with Gasteiger partial charge in [0.05, 0.1) is 16.9 Å². The molecule has 24 heavy (non-hydrogen) atoms. The lowest BCUT2D eigenvalue weighted by Gasteiger charge is -2.31. The molecule has 6 heteroatoms. The number of nitrogens with one attached hydrogen (secondary N) is 1. The van der Waals surface area contributed by atoms with Crippen molar-refractivity contribution in [2.24, 2.45) is 5.73 Å². The van der Waals surface area contributed by atoms with Crippen LogP contribution in [0.4, 0.5) is 0 Å². The van der Waals surface area contributed by atoms with E-state index in [0.29, 0.717) is 12.1 Å². The van der Waals surface area contributed by atoms with Crippen LogP contribution < -0.4 is 11.1 Å². The molecule has 0 saturated heterocycles. The number of hydrogen-bond donors (Lipinski definition) is 2. The maximum absolute atomic E-state index is 12.5. The average molecular weight is 351 g/mol. The summed E-state index contributed by atoms with van der Waals surface area (Å²) in [6.45, 7) is 8.51. The predicted octanol–water partition coefficient (Wildman–Crippen LogP) is 3.16. The van der Waals surface area contributed by atoms with Crippen molar-refractivity contribution in [3.63, 3.8) is 0 Å². The molecule has 2 rings (SSSR count). The van der Waals surface area contributed by atoms with E-state index in [1.807, 2.05) is 62.7 Å². The molecule has 0 aliphatic rings. The monoisotopic (exact) mass is 350 g/mol. The number of nitrogens with zero attached hydrogens (tertiary/aromatic N) is 2. The quantitative estimate of drug-likeness (QED) is 0.840. The zero-order valence-electron chi connectivity index (χ0n) is 14.8. The van der Waals surface area contributed by atoms with E-state index < -0.39 is 0 Å². The van der Waals surface area contributed by atoms with Gasteiger partial charge in [-0.1, -0.05) is 13.8 Å². The van der Waals surface area contributed by atoms with Crippen molar-refractivity contribution in [3.8, 4) is 5.69 Å². The van der Waals surface area contributed by atoms with Crippen LogP contribution >= 0.6 is 12.4 Å². The third-order valence-corrected chi connectivity index (χ3v) is 4.51. The number of halogens is 1. The van der Waals surface area contributed by atoms with Crippen molar-refractivity contribution >= 4 is 18.3 Å². The molecule has 1 amide bonds. The first-order valence-electron chi connectivity index (χ1n) is 8.11. The second kappa shape index (κ2) is 8.31. The Labute approximate surface area is 150 Å². The number of benzene rings is 1. The Morgan fingerprint density at radius 2 is 1.79 bits per heavy atom. The summed E-state index contributed by atoms with van der Waals surface area (Å²) in [7, 11) is 0. The SMILES string of the molecule is CCC(CC)(CN)NC(=O)c1ccc(-n2nc(C)cc2C)cc1.Cl. The predicted molar refractivity (Wildman–Crippen MR) is 100 cm³/mol. The molecule has 1 aromatic heterocycles. The molecule has 0 spiro atoms. The molecule has 0 atom stereocenters. The summed E-state index contributed by atoms with van der Waals surface area (Å²) in [5.74, 6) is -0.0842. The Bertz CT molecular complexity index is 667. The lowest BCUT2D eigenvalue weighted by atomic mass is 9.92. The smallest absolute Gasteiger partial charge is 0.251 e. The van der Waals surface area contributed by atoms with Crippen LogP contribution in [0.2, 0.25) is 0 Å². The van der Waals surface area contributed by atoms with Gasteiger partial charge in [-0.25, -0.2) is 4.68 Å². The largest absolute Gasteiger partial charge is 0.345 e. The molecule has 1 heterocycles. The van der Waals surface area contributed by atoms with Gasteiger partial charge in [-0.15, -0.1) is 12.4 Å². The fraction of sp³-hybridized carbons (Fsp3) is 0.444. The summed E-state index contributed by atoms with van der Waals surface area (Å²) in [5.41, 5.74) is 9.14. The molecule has 0 saturated carbocycles. The number of aromatic nitrogens is 2. The summed E-state index contributed by atoms with van der Waals surface area (Å²) < 4.78 is 1.87. The van der Waals surface area contributed by atoms with Crippen LogP contribution in [0.5, 0.6) is 0 Å². The van der Waals surface area contributed by atoms with E-state index in [1.54, 1.807) is 0 Å². The van der Waals surface area contributed by atoms with E-state index in [0.717, 1.165) is 29.9 Å². The number of carbonyl (C=O) groups is 1. The Morgan fingerprint density at radius 3 is 2.21 bits per heavy atom. The van der Waals surface area contributed by atoms with E-state index in [1.165, 1.54) is 0 Å². The minimum atomic E-state index is -0.328. The summed E-state index contributed by atoms with van der Waals surface area (Å²) in [5, 5.41) is 7.54. The molecule has 1 aromatic carbocycles. The van der Waals surface area contributed by atoms with Crippen LogP contribution in [-0.4, -0.2) is 27.8 Å². The second-order valence-electron chi connectivity index (χ2n) is 6.03. The molecular weight excluding hydrogens is 324 g/mol. The first-order valence-corrected chi connectivity index (χ1v) is 8.11. The number of nitrogens with two attached hydrogens (primary N) is 1. The van der Waals surface area contributed by atoms with Gasteiger partial charge in [-0.3, -0.25) is 4.79 Å². The molecule has 0 fully saturated rings. The van der Waals surface area contributed by atoms with Crippen molar-refractivity contribution in [1.29, 1.82) is 0 Å². The molecule has 0 bridgehead atoms. The van der Waals surface area contributed by atoms with Gasteiger partial charge < -0.3 is 11.1 Å². The lowest BCUT2D eigenvalue weighted by molar-refractivity contribution is 0.0895. The van der Waals surface area contributed by atoms with Gasteiger partial charge in [0.1, 0.15) is 0 Å². The standard InChI is InChI=1S/C18H26N4O.ClH/c1-5-18(6-2,12-19)20-17(23)15-7-9-16(10-8-15)22-14(4)11-13(3)21-22;/h7-11H,5-6,12,19H2,1-4H3,(H,20,23);1H. The van der Waals surface area contributed by atoms with Crippen LogP contribution in [0, 0.1) is 13.8 Å². The van der Waals surface area contributed by atoms with Crippen LogP contribution in [0.3, 0.4) is 0 Å². The van der Waals surface area contributed by atoms with Crippen LogP contribution in [0.1, 0.15) is 48.4 Å². The van der Waals surface area contributed by atoms with E-state index in [4.69, 9.17) is 5.73 Å². The molecule has 132 valence electrons. The highest BCUT2D eigenvalue weighted by Crippen LogP contribution is 2.16. The average Bonchev–Trinajstić information content (AvgIpc) is 2.91. The second-order valence-corrected chi connectivity index (χ2v) is 6.03. The van der Waals surface area contributed by atoms with Crippen molar-refractivity contribution < 1.29 is 4.79 Å². The summed E-state index contributed by atoms with van der Waals surface area (Å²) in [4.78, 5) is 12.5.